The quantitative estimate of drug-likeness (QED) is 0.718. The summed E-state index contributed by atoms with van der Waals surface area (Å²) in [6.07, 6.45) is -0.191. The Morgan fingerprint density at radius 2 is 2.25 bits per heavy atom. The van der Waals surface area contributed by atoms with Gasteiger partial charge in [0, 0.05) is 11.6 Å². The first kappa shape index (κ1) is 14.8. The van der Waals surface area contributed by atoms with E-state index >= 15 is 0 Å². The predicted molar refractivity (Wildman–Crippen MR) is 73.8 cm³/mol. The number of methoxy groups -OCH3 is 1. The molecule has 6 nitrogen and oxygen atoms in total. The second-order valence-electron chi connectivity index (χ2n) is 4.52. The van der Waals surface area contributed by atoms with Crippen molar-refractivity contribution in [2.75, 3.05) is 19.0 Å². The maximum Gasteiger partial charge on any atom is 0.340 e. The molecule has 1 amide bonds. The molecule has 0 spiro atoms. The van der Waals surface area contributed by atoms with Crippen molar-refractivity contribution in [1.29, 1.82) is 0 Å². The standard InChI is InChI=1S/C13H15ClN2O4/c1-20-13(19)9-4-7(14)2-3-10(9)16-12(18)11-5-8(17)6-15-11/h2-4,8,11,15,17H,5-6H2,1H3,(H,16,18). The highest BCUT2D eigenvalue weighted by Gasteiger charge is 2.28. The minimum absolute atomic E-state index is 0.187. The number of hydrogen-bond acceptors (Lipinski definition) is 5. The van der Waals surface area contributed by atoms with Crippen LogP contribution in [0, 0.1) is 0 Å². The molecule has 0 radical (unpaired) electrons. The predicted octanol–water partition coefficient (Wildman–Crippen LogP) is 0.788. The van der Waals surface area contributed by atoms with Gasteiger partial charge in [-0.3, -0.25) is 4.79 Å². The summed E-state index contributed by atoms with van der Waals surface area (Å²) in [4.78, 5) is 23.7. The number of carbonyl (C=O) groups excluding carboxylic acids is 2. The Balaban J connectivity index is 2.16. The third kappa shape index (κ3) is 3.27. The first-order chi connectivity index (χ1) is 9.51. The normalized spacial score (nSPS) is 21.6. The number of ether oxygens (including phenoxy) is 1. The molecule has 1 aliphatic heterocycles. The lowest BCUT2D eigenvalue weighted by atomic mass is 10.1. The van der Waals surface area contributed by atoms with Crippen LogP contribution in [-0.4, -0.2) is 42.8 Å². The minimum atomic E-state index is -0.581. The molecule has 7 heteroatoms. The first-order valence-electron chi connectivity index (χ1n) is 6.11. The maximum atomic E-state index is 12.0. The number of amides is 1. The van der Waals surface area contributed by atoms with Gasteiger partial charge >= 0.3 is 5.97 Å². The lowest BCUT2D eigenvalue weighted by Crippen LogP contribution is -2.35. The highest BCUT2D eigenvalue weighted by atomic mass is 35.5. The van der Waals surface area contributed by atoms with Crippen LogP contribution in [0.15, 0.2) is 18.2 Å². The number of carbonyl (C=O) groups is 2. The van der Waals surface area contributed by atoms with E-state index in [1.807, 2.05) is 0 Å². The van der Waals surface area contributed by atoms with Gasteiger partial charge in [-0.2, -0.15) is 0 Å². The van der Waals surface area contributed by atoms with Crippen molar-refractivity contribution in [3.05, 3.63) is 28.8 Å². The summed E-state index contributed by atoms with van der Waals surface area (Å²) in [5.41, 5.74) is 0.515. The fourth-order valence-corrected chi connectivity index (χ4v) is 2.21. The van der Waals surface area contributed by atoms with Crippen LogP contribution in [0.3, 0.4) is 0 Å². The first-order valence-corrected chi connectivity index (χ1v) is 6.49. The number of β-amino-alcohol motifs (C(OH)–C–C–N with tert-alkyl or cyclic N) is 1. The van der Waals surface area contributed by atoms with Gasteiger partial charge in [0.05, 0.1) is 30.5 Å². The molecule has 2 unspecified atom stereocenters. The zero-order chi connectivity index (χ0) is 14.7. The molecule has 0 aliphatic carbocycles. The molecular weight excluding hydrogens is 284 g/mol. The topological polar surface area (TPSA) is 87.7 Å². The summed E-state index contributed by atoms with van der Waals surface area (Å²) in [5, 5.41) is 15.3. The van der Waals surface area contributed by atoms with Crippen molar-refractivity contribution >= 4 is 29.2 Å². The fraction of sp³-hybridized carbons (Fsp3) is 0.385. The van der Waals surface area contributed by atoms with Gasteiger partial charge in [-0.05, 0) is 24.6 Å². The third-order valence-electron chi connectivity index (χ3n) is 3.07. The van der Waals surface area contributed by atoms with Gasteiger partial charge in [0.2, 0.25) is 5.91 Å². The van der Waals surface area contributed by atoms with Gasteiger partial charge in [0.25, 0.3) is 0 Å². The van der Waals surface area contributed by atoms with Crippen molar-refractivity contribution in [2.24, 2.45) is 0 Å². The third-order valence-corrected chi connectivity index (χ3v) is 3.30. The van der Waals surface area contributed by atoms with Crippen LogP contribution in [-0.2, 0) is 9.53 Å². The number of aliphatic hydroxyl groups excluding tert-OH is 1. The van der Waals surface area contributed by atoms with E-state index in [2.05, 4.69) is 15.4 Å². The molecule has 0 aromatic heterocycles. The molecule has 1 aromatic rings. The average molecular weight is 299 g/mol. The smallest absolute Gasteiger partial charge is 0.340 e. The summed E-state index contributed by atoms with van der Waals surface area (Å²) in [5.74, 6) is -0.892. The van der Waals surface area contributed by atoms with E-state index in [1.54, 1.807) is 6.07 Å². The van der Waals surface area contributed by atoms with E-state index in [0.717, 1.165) is 0 Å². The zero-order valence-corrected chi connectivity index (χ0v) is 11.6. The van der Waals surface area contributed by atoms with Crippen LogP contribution in [0.2, 0.25) is 5.02 Å². The van der Waals surface area contributed by atoms with E-state index in [-0.39, 0.29) is 11.5 Å². The van der Waals surface area contributed by atoms with Crippen LogP contribution in [0.4, 0.5) is 5.69 Å². The van der Waals surface area contributed by atoms with Crippen LogP contribution in [0.5, 0.6) is 0 Å². The number of halogens is 1. The number of esters is 1. The van der Waals surface area contributed by atoms with Crippen LogP contribution in [0.25, 0.3) is 0 Å². The Labute approximate surface area is 121 Å². The number of benzene rings is 1. The molecule has 0 bridgehead atoms. The SMILES string of the molecule is COC(=O)c1cc(Cl)ccc1NC(=O)C1CC(O)CN1. The second kappa shape index (κ2) is 6.21. The van der Waals surface area contributed by atoms with Gasteiger partial charge in [-0.25, -0.2) is 4.79 Å². The van der Waals surface area contributed by atoms with Gasteiger partial charge < -0.3 is 20.5 Å². The largest absolute Gasteiger partial charge is 0.465 e. The summed E-state index contributed by atoms with van der Waals surface area (Å²) in [6.45, 7) is 0.378. The molecule has 0 saturated carbocycles. The van der Waals surface area contributed by atoms with Gasteiger partial charge in [-0.15, -0.1) is 0 Å². The van der Waals surface area contributed by atoms with Crippen molar-refractivity contribution in [3.63, 3.8) is 0 Å². The summed E-state index contributed by atoms with van der Waals surface area (Å²) >= 11 is 5.83. The van der Waals surface area contributed by atoms with Crippen molar-refractivity contribution < 1.29 is 19.4 Å². The molecule has 20 heavy (non-hydrogen) atoms. The fourth-order valence-electron chi connectivity index (χ4n) is 2.04. The van der Waals surface area contributed by atoms with Gasteiger partial charge in [-0.1, -0.05) is 11.6 Å². The van der Waals surface area contributed by atoms with Gasteiger partial charge in [0.1, 0.15) is 0 Å². The molecule has 2 rings (SSSR count). The molecule has 1 aromatic carbocycles. The Hall–Kier alpha value is -1.63. The lowest BCUT2D eigenvalue weighted by Gasteiger charge is -2.13. The molecule has 1 saturated heterocycles. The number of hydrogen-bond donors (Lipinski definition) is 3. The van der Waals surface area contributed by atoms with E-state index in [0.29, 0.717) is 23.7 Å². The number of nitrogens with one attached hydrogen (secondary N) is 2. The summed E-state index contributed by atoms with van der Waals surface area (Å²) in [7, 11) is 1.25. The van der Waals surface area contributed by atoms with Crippen LogP contribution < -0.4 is 10.6 Å². The van der Waals surface area contributed by atoms with Crippen molar-refractivity contribution in [1.82, 2.24) is 5.32 Å². The molecule has 1 heterocycles. The molecule has 1 aliphatic rings. The molecular formula is C13H15ClN2O4. The highest BCUT2D eigenvalue weighted by Crippen LogP contribution is 2.22. The highest BCUT2D eigenvalue weighted by molar-refractivity contribution is 6.31. The average Bonchev–Trinajstić information content (AvgIpc) is 2.86. The Morgan fingerprint density at radius 3 is 2.85 bits per heavy atom. The zero-order valence-electron chi connectivity index (χ0n) is 10.9. The van der Waals surface area contributed by atoms with Crippen molar-refractivity contribution in [2.45, 2.75) is 18.6 Å². The Kier molecular flexibility index (Phi) is 4.59. The molecule has 1 fully saturated rings. The van der Waals surface area contributed by atoms with Crippen LogP contribution in [0.1, 0.15) is 16.8 Å². The number of rotatable bonds is 3. The molecule has 108 valence electrons. The van der Waals surface area contributed by atoms with Gasteiger partial charge in [0.15, 0.2) is 0 Å². The van der Waals surface area contributed by atoms with Crippen molar-refractivity contribution in [3.8, 4) is 0 Å². The number of aliphatic hydroxyl groups is 1. The van der Waals surface area contributed by atoms with E-state index in [9.17, 15) is 14.7 Å². The second-order valence-corrected chi connectivity index (χ2v) is 4.96. The maximum absolute atomic E-state index is 12.0. The lowest BCUT2D eigenvalue weighted by molar-refractivity contribution is -0.117. The minimum Gasteiger partial charge on any atom is -0.465 e. The van der Waals surface area contributed by atoms with E-state index in [4.69, 9.17) is 11.6 Å². The monoisotopic (exact) mass is 298 g/mol. The van der Waals surface area contributed by atoms with E-state index in [1.165, 1.54) is 19.2 Å². The summed E-state index contributed by atoms with van der Waals surface area (Å²) < 4.78 is 4.65. The Bertz CT molecular complexity index is 535. The van der Waals surface area contributed by atoms with Crippen LogP contribution >= 0.6 is 11.6 Å². The number of anilines is 1. The molecule has 3 N–H and O–H groups in total. The molecule has 2 atom stereocenters. The Morgan fingerprint density at radius 1 is 1.50 bits per heavy atom. The summed E-state index contributed by atoms with van der Waals surface area (Å²) in [6, 6.07) is 4.06. The van der Waals surface area contributed by atoms with E-state index < -0.39 is 18.1 Å².